The van der Waals surface area contributed by atoms with Gasteiger partial charge in [-0.25, -0.2) is 13.4 Å². The molecule has 1 saturated carbocycles. The van der Waals surface area contributed by atoms with Gasteiger partial charge in [0.1, 0.15) is 10.0 Å². The first-order valence-corrected chi connectivity index (χ1v) is 6.96. The molecule has 1 heterocycles. The fourth-order valence-electron chi connectivity index (χ4n) is 1.46. The zero-order valence-corrected chi connectivity index (χ0v) is 9.98. The summed E-state index contributed by atoms with van der Waals surface area (Å²) in [5.74, 6) is 0.545. The topological polar surface area (TPSA) is 47.0 Å². The van der Waals surface area contributed by atoms with Crippen LogP contribution < -0.4 is 0 Å². The molecule has 0 spiro atoms. The van der Waals surface area contributed by atoms with Crippen molar-refractivity contribution in [1.82, 2.24) is 4.98 Å². The predicted octanol–water partition coefficient (Wildman–Crippen LogP) is 2.41. The van der Waals surface area contributed by atoms with Crippen LogP contribution in [0.1, 0.15) is 31.2 Å². The van der Waals surface area contributed by atoms with E-state index in [2.05, 4.69) is 4.98 Å². The summed E-state index contributed by atoms with van der Waals surface area (Å²) in [6.45, 7) is 1.61. The SMILES string of the molecule is CCS(=O)(=O)c1cc(C2CC2)cnc1Cl. The van der Waals surface area contributed by atoms with Crippen molar-refractivity contribution < 1.29 is 8.42 Å². The molecule has 0 N–H and O–H groups in total. The first-order valence-electron chi connectivity index (χ1n) is 4.93. The van der Waals surface area contributed by atoms with E-state index in [0.717, 1.165) is 18.4 Å². The highest BCUT2D eigenvalue weighted by atomic mass is 35.5. The van der Waals surface area contributed by atoms with E-state index in [1.165, 1.54) is 0 Å². The Morgan fingerprint density at radius 2 is 2.20 bits per heavy atom. The molecule has 0 saturated heterocycles. The van der Waals surface area contributed by atoms with Crippen LogP contribution in [0.2, 0.25) is 5.15 Å². The minimum atomic E-state index is -3.25. The van der Waals surface area contributed by atoms with Gasteiger partial charge in [-0.1, -0.05) is 18.5 Å². The van der Waals surface area contributed by atoms with Gasteiger partial charge in [0.25, 0.3) is 0 Å². The third kappa shape index (κ3) is 2.16. The molecule has 0 unspecified atom stereocenters. The second-order valence-corrected chi connectivity index (χ2v) is 6.34. The number of aromatic nitrogens is 1. The number of sulfone groups is 1. The molecule has 15 heavy (non-hydrogen) atoms. The van der Waals surface area contributed by atoms with E-state index in [4.69, 9.17) is 11.6 Å². The summed E-state index contributed by atoms with van der Waals surface area (Å²) in [5, 5.41) is 0.0845. The zero-order chi connectivity index (χ0) is 11.1. The Morgan fingerprint density at radius 3 is 2.73 bits per heavy atom. The van der Waals surface area contributed by atoms with Gasteiger partial charge < -0.3 is 0 Å². The maximum absolute atomic E-state index is 11.7. The lowest BCUT2D eigenvalue weighted by Crippen LogP contribution is -2.06. The fraction of sp³-hybridized carbons (Fsp3) is 0.500. The lowest BCUT2D eigenvalue weighted by Gasteiger charge is -2.05. The fourth-order valence-corrected chi connectivity index (χ4v) is 2.85. The quantitative estimate of drug-likeness (QED) is 0.769. The van der Waals surface area contributed by atoms with Crippen molar-refractivity contribution in [1.29, 1.82) is 0 Å². The average Bonchev–Trinajstić information content (AvgIpc) is 3.02. The number of halogens is 1. The van der Waals surface area contributed by atoms with Crippen LogP contribution >= 0.6 is 11.6 Å². The van der Waals surface area contributed by atoms with Crippen molar-refractivity contribution in [3.63, 3.8) is 0 Å². The van der Waals surface area contributed by atoms with Crippen LogP contribution in [-0.4, -0.2) is 19.2 Å². The smallest absolute Gasteiger partial charge is 0.181 e. The molecule has 3 nitrogen and oxygen atoms in total. The highest BCUT2D eigenvalue weighted by molar-refractivity contribution is 7.91. The van der Waals surface area contributed by atoms with Gasteiger partial charge in [-0.2, -0.15) is 0 Å². The van der Waals surface area contributed by atoms with Crippen LogP contribution in [0.5, 0.6) is 0 Å². The number of hydrogen-bond donors (Lipinski definition) is 0. The lowest BCUT2D eigenvalue weighted by atomic mass is 10.2. The second-order valence-electron chi connectivity index (χ2n) is 3.74. The number of rotatable bonds is 3. The van der Waals surface area contributed by atoms with Crippen LogP contribution in [0.4, 0.5) is 0 Å². The van der Waals surface area contributed by atoms with Gasteiger partial charge in [0, 0.05) is 6.20 Å². The average molecular weight is 246 g/mol. The Bertz CT molecular complexity index is 480. The number of hydrogen-bond acceptors (Lipinski definition) is 3. The summed E-state index contributed by atoms with van der Waals surface area (Å²) in [7, 11) is -3.25. The molecule has 0 atom stereocenters. The Hall–Kier alpha value is -0.610. The molecule has 82 valence electrons. The normalized spacial score (nSPS) is 16.7. The maximum atomic E-state index is 11.7. The first-order chi connectivity index (χ1) is 7.04. The van der Waals surface area contributed by atoms with E-state index in [1.807, 2.05) is 0 Å². The summed E-state index contributed by atoms with van der Waals surface area (Å²) in [4.78, 5) is 4.12. The summed E-state index contributed by atoms with van der Waals surface area (Å²) in [5.41, 5.74) is 0.992. The predicted molar refractivity (Wildman–Crippen MR) is 58.9 cm³/mol. The van der Waals surface area contributed by atoms with E-state index < -0.39 is 9.84 Å². The molecule has 1 aromatic rings. The van der Waals surface area contributed by atoms with Crippen molar-refractivity contribution in [3.05, 3.63) is 23.0 Å². The largest absolute Gasteiger partial charge is 0.243 e. The summed E-state index contributed by atoms with van der Waals surface area (Å²) < 4.78 is 23.4. The number of pyridine rings is 1. The van der Waals surface area contributed by atoms with Crippen LogP contribution in [-0.2, 0) is 9.84 Å². The van der Waals surface area contributed by atoms with Gasteiger partial charge >= 0.3 is 0 Å². The van der Waals surface area contributed by atoms with Gasteiger partial charge in [-0.15, -0.1) is 0 Å². The monoisotopic (exact) mass is 245 g/mol. The molecule has 1 aliphatic carbocycles. The first kappa shape index (κ1) is 10.9. The summed E-state index contributed by atoms with van der Waals surface area (Å²) >= 11 is 5.79. The molecule has 1 aromatic heterocycles. The molecule has 1 fully saturated rings. The van der Waals surface area contributed by atoms with Crippen molar-refractivity contribution in [2.24, 2.45) is 0 Å². The maximum Gasteiger partial charge on any atom is 0.181 e. The molecular formula is C10H12ClNO2S. The molecule has 0 aliphatic heterocycles. The van der Waals surface area contributed by atoms with Crippen molar-refractivity contribution in [3.8, 4) is 0 Å². The van der Waals surface area contributed by atoms with Gasteiger partial charge in [0.05, 0.1) is 5.75 Å². The van der Waals surface area contributed by atoms with Crippen LogP contribution in [0.3, 0.4) is 0 Å². The highest BCUT2D eigenvalue weighted by Gasteiger charge is 2.26. The standard InChI is InChI=1S/C10H12ClNO2S/c1-2-15(13,14)9-5-8(7-3-4-7)6-12-10(9)11/h5-7H,2-4H2,1H3. The van der Waals surface area contributed by atoms with Crippen LogP contribution in [0.15, 0.2) is 17.2 Å². The Balaban J connectivity index is 2.49. The molecule has 2 rings (SSSR count). The van der Waals surface area contributed by atoms with Gasteiger partial charge in [-0.3, -0.25) is 0 Å². The van der Waals surface area contributed by atoms with E-state index in [9.17, 15) is 8.42 Å². The van der Waals surface area contributed by atoms with Gasteiger partial charge in [-0.05, 0) is 30.4 Å². The highest BCUT2D eigenvalue weighted by Crippen LogP contribution is 2.41. The molecule has 5 heteroatoms. The van der Waals surface area contributed by atoms with Gasteiger partial charge in [0.15, 0.2) is 9.84 Å². The van der Waals surface area contributed by atoms with E-state index in [0.29, 0.717) is 5.92 Å². The molecular weight excluding hydrogens is 234 g/mol. The number of nitrogens with zero attached hydrogens (tertiary/aromatic N) is 1. The van der Waals surface area contributed by atoms with Gasteiger partial charge in [0.2, 0.25) is 0 Å². The third-order valence-corrected chi connectivity index (χ3v) is 4.75. The molecule has 0 amide bonds. The molecule has 1 aliphatic rings. The van der Waals surface area contributed by atoms with E-state index in [-0.39, 0.29) is 15.8 Å². The van der Waals surface area contributed by atoms with Crippen molar-refractivity contribution in [2.75, 3.05) is 5.75 Å². The minimum Gasteiger partial charge on any atom is -0.243 e. The zero-order valence-electron chi connectivity index (χ0n) is 8.40. The Morgan fingerprint density at radius 1 is 1.53 bits per heavy atom. The summed E-state index contributed by atoms with van der Waals surface area (Å²) in [6.07, 6.45) is 3.92. The Kier molecular flexibility index (Phi) is 2.73. The second kappa shape index (κ2) is 3.76. The Labute approximate surface area is 94.4 Å². The lowest BCUT2D eigenvalue weighted by molar-refractivity contribution is 0.596. The summed E-state index contributed by atoms with van der Waals surface area (Å²) in [6, 6.07) is 1.67. The molecule has 0 aromatic carbocycles. The third-order valence-electron chi connectivity index (χ3n) is 2.59. The van der Waals surface area contributed by atoms with Crippen molar-refractivity contribution in [2.45, 2.75) is 30.6 Å². The van der Waals surface area contributed by atoms with Crippen LogP contribution in [0, 0.1) is 0 Å². The molecule has 0 radical (unpaired) electrons. The van der Waals surface area contributed by atoms with Crippen LogP contribution in [0.25, 0.3) is 0 Å². The molecule has 0 bridgehead atoms. The van der Waals surface area contributed by atoms with Crippen molar-refractivity contribution >= 4 is 21.4 Å². The minimum absolute atomic E-state index is 0.0581. The van der Waals surface area contributed by atoms with E-state index in [1.54, 1.807) is 19.2 Å². The van der Waals surface area contributed by atoms with E-state index >= 15 is 0 Å².